The summed E-state index contributed by atoms with van der Waals surface area (Å²) in [6.45, 7) is 1.24. The van der Waals surface area contributed by atoms with Gasteiger partial charge in [0.05, 0.1) is 6.54 Å². The van der Waals surface area contributed by atoms with Crippen molar-refractivity contribution in [2.24, 2.45) is 0 Å². The number of hydrogen-bond donors (Lipinski definition) is 2. The molecule has 0 saturated carbocycles. The van der Waals surface area contributed by atoms with E-state index in [1.165, 1.54) is 0 Å². The van der Waals surface area contributed by atoms with Crippen LogP contribution in [0.3, 0.4) is 0 Å². The van der Waals surface area contributed by atoms with E-state index in [1.54, 1.807) is 18.1 Å². The van der Waals surface area contributed by atoms with Gasteiger partial charge in [-0.05, 0) is 24.7 Å². The van der Waals surface area contributed by atoms with Gasteiger partial charge in [0, 0.05) is 17.4 Å². The molecule has 8 heteroatoms. The lowest BCUT2D eigenvalue weighted by molar-refractivity contribution is -0.116. The van der Waals surface area contributed by atoms with Crippen molar-refractivity contribution < 1.29 is 4.79 Å². The molecule has 0 aliphatic rings. The molecule has 2 aromatic rings. The zero-order chi connectivity index (χ0) is 14.4. The number of anilines is 1. The number of amides is 1. The molecule has 2 rings (SSSR count). The fourth-order valence-electron chi connectivity index (χ4n) is 1.68. The first-order chi connectivity index (χ1) is 9.67. The first-order valence-corrected chi connectivity index (χ1v) is 7.05. The molecule has 21 heavy (non-hydrogen) atoms. The maximum absolute atomic E-state index is 11.5. The first-order valence-electron chi connectivity index (χ1n) is 6.25. The lowest BCUT2D eigenvalue weighted by atomic mass is 10.2. The Balaban J connectivity index is 0.00000220. The van der Waals surface area contributed by atoms with Crippen LogP contribution in [0.15, 0.2) is 35.1 Å². The van der Waals surface area contributed by atoms with Crippen molar-refractivity contribution in [3.05, 3.63) is 40.6 Å². The van der Waals surface area contributed by atoms with Crippen LogP contribution in [0.2, 0.25) is 0 Å². The van der Waals surface area contributed by atoms with Gasteiger partial charge < -0.3 is 5.32 Å². The number of hydrogen-bond acceptors (Lipinski definition) is 4. The van der Waals surface area contributed by atoms with Crippen molar-refractivity contribution >= 4 is 40.2 Å². The van der Waals surface area contributed by atoms with Crippen LogP contribution in [0.5, 0.6) is 0 Å². The summed E-state index contributed by atoms with van der Waals surface area (Å²) >= 11 is 3.43. The number of halogens is 2. The van der Waals surface area contributed by atoms with Crippen LogP contribution in [0.1, 0.15) is 12.0 Å². The number of carbonyl (C=O) groups excluding carboxylic acids is 1. The zero-order valence-corrected chi connectivity index (χ0v) is 13.9. The molecule has 1 heterocycles. The summed E-state index contributed by atoms with van der Waals surface area (Å²) < 4.78 is 2.71. The third kappa shape index (κ3) is 5.82. The van der Waals surface area contributed by atoms with Gasteiger partial charge in [-0.3, -0.25) is 10.1 Å². The summed E-state index contributed by atoms with van der Waals surface area (Å²) in [4.78, 5) is 15.6. The molecule has 114 valence electrons. The average molecular weight is 375 g/mol. The van der Waals surface area contributed by atoms with E-state index in [9.17, 15) is 4.79 Å². The summed E-state index contributed by atoms with van der Waals surface area (Å²) in [6.07, 6.45) is 2.01. The number of aromatic nitrogens is 3. The summed E-state index contributed by atoms with van der Waals surface area (Å²) in [6, 6.07) is 7.97. The molecule has 0 radical (unpaired) electrons. The predicted octanol–water partition coefficient (Wildman–Crippen LogP) is 2.06. The highest BCUT2D eigenvalue weighted by molar-refractivity contribution is 9.10. The molecular weight excluding hydrogens is 358 g/mol. The SMILES string of the molecule is CNCCC(=O)Nc1ncn(Cc2cccc(Br)c2)n1.Cl. The van der Waals surface area contributed by atoms with Gasteiger partial charge in [0.1, 0.15) is 6.33 Å². The van der Waals surface area contributed by atoms with Crippen LogP contribution in [0.25, 0.3) is 0 Å². The van der Waals surface area contributed by atoms with Crippen molar-refractivity contribution in [3.63, 3.8) is 0 Å². The van der Waals surface area contributed by atoms with Crippen molar-refractivity contribution in [2.75, 3.05) is 18.9 Å². The number of carbonyl (C=O) groups is 1. The number of nitrogens with zero attached hydrogens (tertiary/aromatic N) is 3. The van der Waals surface area contributed by atoms with Crippen LogP contribution in [0.4, 0.5) is 5.95 Å². The van der Waals surface area contributed by atoms with Gasteiger partial charge in [-0.2, -0.15) is 0 Å². The van der Waals surface area contributed by atoms with E-state index in [4.69, 9.17) is 0 Å². The number of nitrogens with one attached hydrogen (secondary N) is 2. The largest absolute Gasteiger partial charge is 0.319 e. The summed E-state index contributed by atoms with van der Waals surface area (Å²) in [5, 5.41) is 9.80. The minimum absolute atomic E-state index is 0. The van der Waals surface area contributed by atoms with E-state index >= 15 is 0 Å². The summed E-state index contributed by atoms with van der Waals surface area (Å²) in [7, 11) is 1.80. The van der Waals surface area contributed by atoms with Gasteiger partial charge >= 0.3 is 0 Å². The summed E-state index contributed by atoms with van der Waals surface area (Å²) in [5.41, 5.74) is 1.11. The molecule has 0 fully saturated rings. The standard InChI is InChI=1S/C13H16BrN5O.ClH/c1-15-6-5-12(20)17-13-16-9-19(18-13)8-10-3-2-4-11(14)7-10;/h2-4,7,9,15H,5-6,8H2,1H3,(H,17,18,20);1H. The Morgan fingerprint density at radius 2 is 2.24 bits per heavy atom. The molecule has 0 bridgehead atoms. The second kappa shape index (κ2) is 8.76. The monoisotopic (exact) mass is 373 g/mol. The normalized spacial score (nSPS) is 10.0. The molecular formula is C13H17BrClN5O. The molecule has 0 aliphatic carbocycles. The minimum Gasteiger partial charge on any atom is -0.319 e. The predicted molar refractivity (Wildman–Crippen MR) is 87.7 cm³/mol. The molecule has 1 amide bonds. The topological polar surface area (TPSA) is 71.8 Å². The van der Waals surface area contributed by atoms with Gasteiger partial charge in [-0.1, -0.05) is 28.1 Å². The van der Waals surface area contributed by atoms with E-state index < -0.39 is 0 Å². The molecule has 0 aliphatic heterocycles. The van der Waals surface area contributed by atoms with Gasteiger partial charge in [-0.15, -0.1) is 17.5 Å². The van der Waals surface area contributed by atoms with E-state index in [1.807, 2.05) is 24.3 Å². The van der Waals surface area contributed by atoms with Crippen LogP contribution in [0, 0.1) is 0 Å². The Hall–Kier alpha value is -1.44. The number of rotatable bonds is 6. The first kappa shape index (κ1) is 17.6. The third-order valence-corrected chi connectivity index (χ3v) is 3.12. The minimum atomic E-state index is -0.0976. The smallest absolute Gasteiger partial charge is 0.248 e. The van der Waals surface area contributed by atoms with Crippen molar-refractivity contribution in [1.82, 2.24) is 20.1 Å². The lowest BCUT2D eigenvalue weighted by Gasteiger charge is -2.02. The average Bonchev–Trinajstić information content (AvgIpc) is 2.83. The van der Waals surface area contributed by atoms with Crippen molar-refractivity contribution in [1.29, 1.82) is 0 Å². The fraction of sp³-hybridized carbons (Fsp3) is 0.308. The molecule has 0 spiro atoms. The quantitative estimate of drug-likeness (QED) is 0.812. The second-order valence-electron chi connectivity index (χ2n) is 4.30. The highest BCUT2D eigenvalue weighted by Gasteiger charge is 2.06. The zero-order valence-electron chi connectivity index (χ0n) is 11.5. The van der Waals surface area contributed by atoms with E-state index in [-0.39, 0.29) is 18.3 Å². The lowest BCUT2D eigenvalue weighted by Crippen LogP contribution is -2.19. The molecule has 0 saturated heterocycles. The Morgan fingerprint density at radius 1 is 1.43 bits per heavy atom. The van der Waals surface area contributed by atoms with Gasteiger partial charge in [0.2, 0.25) is 11.9 Å². The molecule has 1 aromatic carbocycles. The third-order valence-electron chi connectivity index (χ3n) is 2.62. The van der Waals surface area contributed by atoms with Gasteiger partial charge in [0.25, 0.3) is 0 Å². The van der Waals surface area contributed by atoms with E-state index in [0.717, 1.165) is 10.0 Å². The maximum Gasteiger partial charge on any atom is 0.248 e. The van der Waals surface area contributed by atoms with Crippen molar-refractivity contribution in [2.45, 2.75) is 13.0 Å². The highest BCUT2D eigenvalue weighted by Crippen LogP contribution is 2.12. The molecule has 1 aromatic heterocycles. The fourth-order valence-corrected chi connectivity index (χ4v) is 2.12. The highest BCUT2D eigenvalue weighted by atomic mass is 79.9. The Labute approximate surface area is 137 Å². The molecule has 6 nitrogen and oxygen atoms in total. The van der Waals surface area contributed by atoms with Gasteiger partial charge in [-0.25, -0.2) is 9.67 Å². The van der Waals surface area contributed by atoms with Crippen LogP contribution in [-0.4, -0.2) is 34.3 Å². The Bertz CT molecular complexity index is 589. The second-order valence-corrected chi connectivity index (χ2v) is 5.21. The summed E-state index contributed by atoms with van der Waals surface area (Å²) in [5.74, 6) is 0.237. The van der Waals surface area contributed by atoms with Crippen LogP contribution < -0.4 is 10.6 Å². The molecule has 0 atom stereocenters. The Kier molecular flexibility index (Phi) is 7.35. The Morgan fingerprint density at radius 3 is 2.95 bits per heavy atom. The van der Waals surface area contributed by atoms with E-state index in [2.05, 4.69) is 36.6 Å². The molecule has 2 N–H and O–H groups in total. The molecule has 0 unspecified atom stereocenters. The van der Waals surface area contributed by atoms with Crippen LogP contribution in [-0.2, 0) is 11.3 Å². The van der Waals surface area contributed by atoms with Crippen molar-refractivity contribution in [3.8, 4) is 0 Å². The van der Waals surface area contributed by atoms with Gasteiger partial charge in [0.15, 0.2) is 0 Å². The van der Waals surface area contributed by atoms with E-state index in [0.29, 0.717) is 25.5 Å². The number of benzene rings is 1. The maximum atomic E-state index is 11.5. The van der Waals surface area contributed by atoms with Crippen LogP contribution >= 0.6 is 28.3 Å².